The lowest BCUT2D eigenvalue weighted by Crippen LogP contribution is -2.54. The van der Waals surface area contributed by atoms with Gasteiger partial charge in [-0.2, -0.15) is 0 Å². The van der Waals surface area contributed by atoms with Gasteiger partial charge in [0, 0.05) is 32.5 Å². The average Bonchev–Trinajstić information content (AvgIpc) is 2.80. The summed E-state index contributed by atoms with van der Waals surface area (Å²) in [6.45, 7) is 7.07. The second kappa shape index (κ2) is 5.76. The van der Waals surface area contributed by atoms with E-state index in [-0.39, 0.29) is 0 Å². The Bertz CT molecular complexity index is 281. The van der Waals surface area contributed by atoms with Gasteiger partial charge in [0.2, 0.25) is 0 Å². The molecule has 0 N–H and O–H groups in total. The summed E-state index contributed by atoms with van der Waals surface area (Å²) in [6.07, 6.45) is 8.76. The minimum absolute atomic E-state index is 0.675. The summed E-state index contributed by atoms with van der Waals surface area (Å²) in [4.78, 5) is 6.72. The van der Waals surface area contributed by atoms with Crippen LogP contribution in [0.2, 0.25) is 0 Å². The zero-order chi connectivity index (χ0) is 12.1. The van der Waals surface area contributed by atoms with Crippen LogP contribution in [-0.4, -0.2) is 61.7 Å². The highest BCUT2D eigenvalue weighted by Gasteiger charge is 2.37. The average molecular weight is 238 g/mol. The number of likely N-dealkylation sites (tertiary alicyclic amines) is 1. The van der Waals surface area contributed by atoms with Crippen molar-refractivity contribution in [3.63, 3.8) is 0 Å². The number of aliphatic imine (C=N–C) groups is 1. The first kappa shape index (κ1) is 12.7. The monoisotopic (exact) mass is 238 g/mol. The van der Waals surface area contributed by atoms with E-state index in [1.165, 1.54) is 25.9 Å². The van der Waals surface area contributed by atoms with Crippen LogP contribution in [0.25, 0.3) is 0 Å². The predicted octanol–water partition coefficient (Wildman–Crippen LogP) is 1.45. The van der Waals surface area contributed by atoms with E-state index in [9.17, 15) is 0 Å². The predicted molar refractivity (Wildman–Crippen MR) is 69.8 cm³/mol. The molecule has 2 aliphatic heterocycles. The zero-order valence-electron chi connectivity index (χ0n) is 11.0. The van der Waals surface area contributed by atoms with Crippen LogP contribution < -0.4 is 0 Å². The maximum absolute atomic E-state index is 5.51. The molecule has 2 rings (SSSR count). The van der Waals surface area contributed by atoms with Gasteiger partial charge in [0.05, 0.1) is 12.8 Å². The molecule has 0 aromatic rings. The SMILES string of the molecule is CCOCC[N+]1(C2CCN(C)CC2)C=CN=C1. The largest absolute Gasteiger partial charge is 0.376 e. The lowest BCUT2D eigenvalue weighted by molar-refractivity contribution is -0.810. The molecule has 0 aliphatic carbocycles. The first-order chi connectivity index (χ1) is 8.27. The molecule has 17 heavy (non-hydrogen) atoms. The molecule has 0 aromatic carbocycles. The van der Waals surface area contributed by atoms with Crippen molar-refractivity contribution in [3.8, 4) is 0 Å². The molecule has 0 aromatic heterocycles. The summed E-state index contributed by atoms with van der Waals surface area (Å²) in [5, 5.41) is 0. The molecular formula is C13H24N3O+. The van der Waals surface area contributed by atoms with Crippen molar-refractivity contribution < 1.29 is 9.22 Å². The summed E-state index contributed by atoms with van der Waals surface area (Å²) in [5.41, 5.74) is 0. The van der Waals surface area contributed by atoms with Crippen LogP contribution in [-0.2, 0) is 4.74 Å². The van der Waals surface area contributed by atoms with Crippen molar-refractivity contribution in [2.75, 3.05) is 39.9 Å². The molecule has 1 unspecified atom stereocenters. The van der Waals surface area contributed by atoms with Crippen molar-refractivity contribution in [2.45, 2.75) is 25.8 Å². The molecule has 0 spiro atoms. The van der Waals surface area contributed by atoms with Gasteiger partial charge in [0.1, 0.15) is 18.8 Å². The molecule has 4 nitrogen and oxygen atoms in total. The Morgan fingerprint density at radius 1 is 1.41 bits per heavy atom. The summed E-state index contributed by atoms with van der Waals surface area (Å²) in [7, 11) is 2.20. The smallest absolute Gasteiger partial charge is 0.195 e. The molecule has 1 atom stereocenters. The fourth-order valence-corrected chi connectivity index (χ4v) is 2.74. The molecule has 4 heteroatoms. The first-order valence-corrected chi connectivity index (χ1v) is 6.62. The van der Waals surface area contributed by atoms with Gasteiger partial charge in [0.15, 0.2) is 6.34 Å². The Balaban J connectivity index is 1.96. The van der Waals surface area contributed by atoms with Gasteiger partial charge in [-0.3, -0.25) is 0 Å². The molecule has 0 radical (unpaired) electrons. The van der Waals surface area contributed by atoms with Crippen LogP contribution in [0.15, 0.2) is 17.4 Å². The summed E-state index contributed by atoms with van der Waals surface area (Å²) >= 11 is 0. The molecule has 96 valence electrons. The van der Waals surface area contributed by atoms with Gasteiger partial charge in [-0.1, -0.05) is 0 Å². The van der Waals surface area contributed by atoms with E-state index in [4.69, 9.17) is 4.74 Å². The highest BCUT2D eigenvalue weighted by Crippen LogP contribution is 2.25. The quantitative estimate of drug-likeness (QED) is 0.535. The van der Waals surface area contributed by atoms with Crippen LogP contribution in [0.4, 0.5) is 0 Å². The standard InChI is InChI=1S/C13H24N3O/c1-3-17-11-10-16(9-6-14-12-16)13-4-7-15(2)8-5-13/h6,9,12-13H,3-5,7-8,10-11H2,1-2H3/q+1. The van der Waals surface area contributed by atoms with Crippen LogP contribution in [0.5, 0.6) is 0 Å². The van der Waals surface area contributed by atoms with Crippen molar-refractivity contribution in [1.82, 2.24) is 4.90 Å². The van der Waals surface area contributed by atoms with Crippen LogP contribution in [0, 0.1) is 0 Å². The fraction of sp³-hybridized carbons (Fsp3) is 0.769. The van der Waals surface area contributed by atoms with E-state index in [1.54, 1.807) is 0 Å². The Morgan fingerprint density at radius 3 is 2.76 bits per heavy atom. The summed E-state index contributed by atoms with van der Waals surface area (Å²) in [6, 6.07) is 0.675. The van der Waals surface area contributed by atoms with E-state index >= 15 is 0 Å². The lowest BCUT2D eigenvalue weighted by Gasteiger charge is -2.40. The van der Waals surface area contributed by atoms with Crippen LogP contribution >= 0.6 is 0 Å². The number of ether oxygens (including phenoxy) is 1. The Hall–Kier alpha value is -0.710. The molecule has 2 heterocycles. The van der Waals surface area contributed by atoms with E-state index in [0.29, 0.717) is 6.04 Å². The van der Waals surface area contributed by atoms with Crippen molar-refractivity contribution >= 4 is 6.34 Å². The number of piperidine rings is 1. The van der Waals surface area contributed by atoms with Gasteiger partial charge in [-0.25, -0.2) is 9.48 Å². The minimum atomic E-state index is 0.675. The van der Waals surface area contributed by atoms with Gasteiger partial charge in [0.25, 0.3) is 0 Å². The van der Waals surface area contributed by atoms with E-state index in [0.717, 1.165) is 24.2 Å². The number of quaternary nitrogens is 1. The zero-order valence-corrected chi connectivity index (χ0v) is 11.0. The third-order valence-corrected chi connectivity index (χ3v) is 3.91. The molecule has 2 aliphatic rings. The number of hydrogen-bond donors (Lipinski definition) is 0. The second-order valence-corrected chi connectivity index (χ2v) is 5.01. The molecule has 0 amide bonds. The van der Waals surface area contributed by atoms with Gasteiger partial charge in [-0.05, 0) is 14.0 Å². The molecular weight excluding hydrogens is 214 g/mol. The van der Waals surface area contributed by atoms with Crippen molar-refractivity contribution in [3.05, 3.63) is 12.4 Å². The van der Waals surface area contributed by atoms with E-state index in [2.05, 4.69) is 29.5 Å². The third kappa shape index (κ3) is 2.94. The first-order valence-electron chi connectivity index (χ1n) is 6.62. The molecule has 1 saturated heterocycles. The summed E-state index contributed by atoms with van der Waals surface area (Å²) < 4.78 is 6.41. The van der Waals surface area contributed by atoms with E-state index in [1.807, 2.05) is 13.1 Å². The third-order valence-electron chi connectivity index (χ3n) is 3.91. The lowest BCUT2D eigenvalue weighted by atomic mass is 10.0. The number of hydrogen-bond acceptors (Lipinski definition) is 3. The Labute approximate surface area is 104 Å². The maximum atomic E-state index is 5.51. The Kier molecular flexibility index (Phi) is 4.31. The van der Waals surface area contributed by atoms with Gasteiger partial charge >= 0.3 is 0 Å². The van der Waals surface area contributed by atoms with Crippen LogP contribution in [0.3, 0.4) is 0 Å². The Morgan fingerprint density at radius 2 is 2.18 bits per heavy atom. The maximum Gasteiger partial charge on any atom is 0.195 e. The van der Waals surface area contributed by atoms with Crippen molar-refractivity contribution in [1.29, 1.82) is 0 Å². The fourth-order valence-electron chi connectivity index (χ4n) is 2.74. The molecule has 0 bridgehead atoms. The number of nitrogens with zero attached hydrogens (tertiary/aromatic N) is 3. The second-order valence-electron chi connectivity index (χ2n) is 5.01. The van der Waals surface area contributed by atoms with E-state index < -0.39 is 0 Å². The van der Waals surface area contributed by atoms with Crippen molar-refractivity contribution in [2.24, 2.45) is 4.99 Å². The minimum Gasteiger partial charge on any atom is -0.376 e. The highest BCUT2D eigenvalue weighted by molar-refractivity contribution is 5.51. The topological polar surface area (TPSA) is 24.8 Å². The van der Waals surface area contributed by atoms with Gasteiger partial charge in [-0.15, -0.1) is 0 Å². The molecule has 0 saturated carbocycles. The van der Waals surface area contributed by atoms with Crippen LogP contribution in [0.1, 0.15) is 19.8 Å². The number of rotatable bonds is 5. The highest BCUT2D eigenvalue weighted by atomic mass is 16.5. The van der Waals surface area contributed by atoms with Gasteiger partial charge < -0.3 is 9.64 Å². The molecule has 1 fully saturated rings. The normalized spacial score (nSPS) is 30.2. The summed E-state index contributed by atoms with van der Waals surface area (Å²) in [5.74, 6) is 0.